The van der Waals surface area contributed by atoms with Crippen molar-refractivity contribution >= 4 is 17.0 Å². The normalized spacial score (nSPS) is 10.5. The number of fused-ring (bicyclic) bond motifs is 1. The van der Waals surface area contributed by atoms with Gasteiger partial charge in [-0.3, -0.25) is 0 Å². The third-order valence-electron chi connectivity index (χ3n) is 2.19. The van der Waals surface area contributed by atoms with E-state index in [1.165, 1.54) is 4.68 Å². The topological polar surface area (TPSA) is 44.1 Å². The van der Waals surface area contributed by atoms with Gasteiger partial charge in [0.05, 0.1) is 12.1 Å². The SMILES string of the molecule is CCOC(=O)n1cc2cccc(C)c2n1. The van der Waals surface area contributed by atoms with E-state index >= 15 is 0 Å². The molecule has 2 aromatic rings. The van der Waals surface area contributed by atoms with Gasteiger partial charge in [-0.2, -0.15) is 9.78 Å². The molecule has 1 aromatic carbocycles. The fourth-order valence-corrected chi connectivity index (χ4v) is 1.47. The highest BCUT2D eigenvalue weighted by atomic mass is 16.5. The molecule has 0 radical (unpaired) electrons. The van der Waals surface area contributed by atoms with Crippen LogP contribution in [0.3, 0.4) is 0 Å². The van der Waals surface area contributed by atoms with Crippen molar-refractivity contribution in [2.75, 3.05) is 6.61 Å². The Morgan fingerprint density at radius 2 is 2.33 bits per heavy atom. The number of ether oxygens (including phenoxy) is 1. The van der Waals surface area contributed by atoms with Crippen molar-refractivity contribution < 1.29 is 9.53 Å². The van der Waals surface area contributed by atoms with Crippen LogP contribution in [-0.2, 0) is 4.74 Å². The van der Waals surface area contributed by atoms with Crippen LogP contribution in [0, 0.1) is 6.92 Å². The average Bonchev–Trinajstić information content (AvgIpc) is 2.63. The Morgan fingerprint density at radius 3 is 3.00 bits per heavy atom. The van der Waals surface area contributed by atoms with Gasteiger partial charge in [-0.25, -0.2) is 4.79 Å². The summed E-state index contributed by atoms with van der Waals surface area (Å²) in [6.45, 7) is 4.09. The van der Waals surface area contributed by atoms with Crippen LogP contribution < -0.4 is 0 Å². The molecule has 78 valence electrons. The fourth-order valence-electron chi connectivity index (χ4n) is 1.47. The number of aryl methyl sites for hydroxylation is 1. The maximum absolute atomic E-state index is 11.4. The number of nitrogens with zero attached hydrogens (tertiary/aromatic N) is 2. The number of carbonyl (C=O) groups is 1. The summed E-state index contributed by atoms with van der Waals surface area (Å²) in [6, 6.07) is 5.82. The molecule has 0 saturated heterocycles. The predicted molar refractivity (Wildman–Crippen MR) is 56.9 cm³/mol. The van der Waals surface area contributed by atoms with Crippen molar-refractivity contribution in [1.82, 2.24) is 9.78 Å². The van der Waals surface area contributed by atoms with Crippen molar-refractivity contribution in [3.63, 3.8) is 0 Å². The van der Waals surface area contributed by atoms with E-state index in [1.54, 1.807) is 13.1 Å². The van der Waals surface area contributed by atoms with E-state index in [0.717, 1.165) is 16.5 Å². The molecule has 0 atom stereocenters. The van der Waals surface area contributed by atoms with Gasteiger partial charge in [0.2, 0.25) is 0 Å². The van der Waals surface area contributed by atoms with Gasteiger partial charge in [-0.1, -0.05) is 18.2 Å². The molecule has 0 amide bonds. The highest BCUT2D eigenvalue weighted by Gasteiger charge is 2.09. The minimum atomic E-state index is -0.437. The number of rotatable bonds is 1. The quantitative estimate of drug-likeness (QED) is 0.716. The molecule has 2 rings (SSSR count). The van der Waals surface area contributed by atoms with Crippen LogP contribution in [0.2, 0.25) is 0 Å². The fraction of sp³-hybridized carbons (Fsp3) is 0.273. The lowest BCUT2D eigenvalue weighted by atomic mass is 10.2. The second-order valence-electron chi connectivity index (χ2n) is 3.29. The zero-order valence-electron chi connectivity index (χ0n) is 8.73. The summed E-state index contributed by atoms with van der Waals surface area (Å²) in [5, 5.41) is 5.12. The number of hydrogen-bond acceptors (Lipinski definition) is 3. The van der Waals surface area contributed by atoms with E-state index in [0.29, 0.717) is 6.61 Å². The minimum Gasteiger partial charge on any atom is -0.448 e. The van der Waals surface area contributed by atoms with E-state index in [2.05, 4.69) is 5.10 Å². The first-order valence-corrected chi connectivity index (χ1v) is 4.84. The molecular formula is C11H12N2O2. The summed E-state index contributed by atoms with van der Waals surface area (Å²) >= 11 is 0. The number of hydrogen-bond donors (Lipinski definition) is 0. The standard InChI is InChI=1S/C11H12N2O2/c1-3-15-11(14)13-7-9-6-4-5-8(2)10(9)12-13/h4-7H,3H2,1-2H3. The number of carbonyl (C=O) groups excluding carboxylic acids is 1. The minimum absolute atomic E-state index is 0.355. The first kappa shape index (κ1) is 9.71. The Hall–Kier alpha value is -1.84. The molecule has 0 aliphatic carbocycles. The molecule has 0 aliphatic heterocycles. The highest BCUT2D eigenvalue weighted by Crippen LogP contribution is 2.15. The summed E-state index contributed by atoms with van der Waals surface area (Å²) in [5.41, 5.74) is 1.89. The Bertz CT molecular complexity index is 502. The van der Waals surface area contributed by atoms with E-state index in [1.807, 2.05) is 25.1 Å². The summed E-state index contributed by atoms with van der Waals surface area (Å²) in [6.07, 6.45) is 1.24. The molecule has 0 unspecified atom stereocenters. The number of benzene rings is 1. The Morgan fingerprint density at radius 1 is 1.53 bits per heavy atom. The van der Waals surface area contributed by atoms with Gasteiger partial charge < -0.3 is 4.74 Å². The second-order valence-corrected chi connectivity index (χ2v) is 3.29. The third kappa shape index (κ3) is 1.70. The lowest BCUT2D eigenvalue weighted by Gasteiger charge is -1.98. The van der Waals surface area contributed by atoms with E-state index < -0.39 is 6.09 Å². The van der Waals surface area contributed by atoms with Gasteiger partial charge in [-0.05, 0) is 19.4 Å². The van der Waals surface area contributed by atoms with Gasteiger partial charge in [-0.15, -0.1) is 0 Å². The monoisotopic (exact) mass is 204 g/mol. The molecule has 15 heavy (non-hydrogen) atoms. The van der Waals surface area contributed by atoms with Gasteiger partial charge in [0.1, 0.15) is 0 Å². The van der Waals surface area contributed by atoms with Gasteiger partial charge in [0.15, 0.2) is 0 Å². The maximum Gasteiger partial charge on any atom is 0.434 e. The summed E-state index contributed by atoms with van der Waals surface area (Å²) in [7, 11) is 0. The molecule has 1 heterocycles. The molecule has 0 aliphatic rings. The van der Waals surface area contributed by atoms with Crippen molar-refractivity contribution in [1.29, 1.82) is 0 Å². The molecule has 0 N–H and O–H groups in total. The van der Waals surface area contributed by atoms with Crippen LogP contribution in [0.15, 0.2) is 24.4 Å². The molecule has 0 bridgehead atoms. The number of aromatic nitrogens is 2. The van der Waals surface area contributed by atoms with Crippen molar-refractivity contribution in [2.24, 2.45) is 0 Å². The predicted octanol–water partition coefficient (Wildman–Crippen LogP) is 2.35. The van der Waals surface area contributed by atoms with E-state index in [9.17, 15) is 4.79 Å². The molecule has 4 heteroatoms. The summed E-state index contributed by atoms with van der Waals surface area (Å²) < 4.78 is 6.10. The largest absolute Gasteiger partial charge is 0.448 e. The molecule has 0 spiro atoms. The van der Waals surface area contributed by atoms with Gasteiger partial charge in [0, 0.05) is 11.6 Å². The highest BCUT2D eigenvalue weighted by molar-refractivity contribution is 5.84. The molecule has 4 nitrogen and oxygen atoms in total. The average molecular weight is 204 g/mol. The van der Waals surface area contributed by atoms with Crippen LogP contribution in [-0.4, -0.2) is 22.5 Å². The van der Waals surface area contributed by atoms with E-state index in [4.69, 9.17) is 4.74 Å². The van der Waals surface area contributed by atoms with Crippen LogP contribution in [0.1, 0.15) is 12.5 Å². The second kappa shape index (κ2) is 3.73. The first-order valence-electron chi connectivity index (χ1n) is 4.84. The van der Waals surface area contributed by atoms with Crippen LogP contribution in [0.4, 0.5) is 4.79 Å². The van der Waals surface area contributed by atoms with E-state index in [-0.39, 0.29) is 0 Å². The van der Waals surface area contributed by atoms with Crippen molar-refractivity contribution in [2.45, 2.75) is 13.8 Å². The smallest absolute Gasteiger partial charge is 0.434 e. The van der Waals surface area contributed by atoms with Crippen LogP contribution in [0.5, 0.6) is 0 Å². The van der Waals surface area contributed by atoms with Crippen molar-refractivity contribution in [3.05, 3.63) is 30.0 Å². The molecule has 0 saturated carbocycles. The molecule has 1 aromatic heterocycles. The van der Waals surface area contributed by atoms with Gasteiger partial charge in [0.25, 0.3) is 0 Å². The Balaban J connectivity index is 2.47. The maximum atomic E-state index is 11.4. The zero-order valence-corrected chi connectivity index (χ0v) is 8.73. The Kier molecular flexibility index (Phi) is 2.41. The molecular weight excluding hydrogens is 192 g/mol. The van der Waals surface area contributed by atoms with Crippen LogP contribution >= 0.6 is 0 Å². The summed E-state index contributed by atoms with van der Waals surface area (Å²) in [5.74, 6) is 0. The summed E-state index contributed by atoms with van der Waals surface area (Å²) in [4.78, 5) is 11.4. The third-order valence-corrected chi connectivity index (χ3v) is 2.19. The zero-order chi connectivity index (χ0) is 10.8. The lowest BCUT2D eigenvalue weighted by molar-refractivity contribution is 0.150. The van der Waals surface area contributed by atoms with Crippen LogP contribution in [0.25, 0.3) is 10.9 Å². The Labute approximate surface area is 87.5 Å². The lowest BCUT2D eigenvalue weighted by Crippen LogP contribution is -2.13. The van der Waals surface area contributed by atoms with Crippen molar-refractivity contribution in [3.8, 4) is 0 Å². The van der Waals surface area contributed by atoms with Gasteiger partial charge >= 0.3 is 6.09 Å². The molecule has 0 fully saturated rings. The first-order chi connectivity index (χ1) is 7.22.